The molecule has 4 rings (SSSR count). The van der Waals surface area contributed by atoms with Gasteiger partial charge in [0.25, 0.3) is 0 Å². The van der Waals surface area contributed by atoms with Crippen LogP contribution in [0.4, 0.5) is 13.2 Å². The van der Waals surface area contributed by atoms with Crippen LogP contribution in [0.1, 0.15) is 60.3 Å². The van der Waals surface area contributed by atoms with Gasteiger partial charge in [-0.3, -0.25) is 4.99 Å². The summed E-state index contributed by atoms with van der Waals surface area (Å²) in [5.41, 5.74) is 12.5. The largest absolute Gasteiger partial charge is 0.417 e. The summed E-state index contributed by atoms with van der Waals surface area (Å²) in [6, 6.07) is 25.5. The van der Waals surface area contributed by atoms with E-state index in [9.17, 15) is 13.2 Å². The lowest BCUT2D eigenvalue weighted by molar-refractivity contribution is -0.137. The predicted octanol–water partition coefficient (Wildman–Crippen LogP) is 7.28. The van der Waals surface area contributed by atoms with Gasteiger partial charge in [0.1, 0.15) is 0 Å². The van der Waals surface area contributed by atoms with Crippen LogP contribution < -0.4 is 11.5 Å². The summed E-state index contributed by atoms with van der Waals surface area (Å²) in [5.74, 6) is 0.989. The van der Waals surface area contributed by atoms with E-state index in [4.69, 9.17) is 11.5 Å². The molecule has 39 heavy (non-hydrogen) atoms. The molecule has 4 N–H and O–H groups in total. The second-order valence-corrected chi connectivity index (χ2v) is 10.0. The molecule has 0 atom stereocenters. The molecule has 3 aromatic rings. The average molecular weight is 537 g/mol. The lowest BCUT2D eigenvalue weighted by atomic mass is 9.89. The van der Waals surface area contributed by atoms with Crippen LogP contribution >= 0.6 is 0 Å². The van der Waals surface area contributed by atoms with E-state index < -0.39 is 11.7 Å². The summed E-state index contributed by atoms with van der Waals surface area (Å²) < 4.78 is 40.2. The molecule has 0 bridgehead atoms. The Hall–Kier alpha value is -3.74. The minimum Gasteiger partial charge on any atom is -0.374 e. The van der Waals surface area contributed by atoms with Gasteiger partial charge in [0.2, 0.25) is 0 Å². The van der Waals surface area contributed by atoms with Gasteiger partial charge in [-0.2, -0.15) is 13.2 Å². The molecule has 0 radical (unpaired) electrons. The Kier molecular flexibility index (Phi) is 11.0. The second-order valence-electron chi connectivity index (χ2n) is 10.0. The van der Waals surface area contributed by atoms with Gasteiger partial charge in [-0.15, -0.1) is 0 Å². The molecule has 0 heterocycles. The molecule has 3 aromatic carbocycles. The lowest BCUT2D eigenvalue weighted by Crippen LogP contribution is -2.25. The first kappa shape index (κ1) is 29.8. The highest BCUT2D eigenvalue weighted by molar-refractivity contribution is 5.75. The highest BCUT2D eigenvalue weighted by atomic mass is 19.4. The Balaban J connectivity index is 0.000000320. The van der Waals surface area contributed by atoms with Crippen LogP contribution in [0.25, 0.3) is 5.70 Å². The van der Waals surface area contributed by atoms with E-state index in [2.05, 4.69) is 11.6 Å². The Bertz CT molecular complexity index is 1140. The number of aliphatic imine (C=N–C) groups is 1. The third kappa shape index (κ3) is 9.20. The first-order chi connectivity index (χ1) is 18.7. The number of rotatable bonds is 8. The molecule has 1 fully saturated rings. The van der Waals surface area contributed by atoms with Crippen LogP contribution in [0, 0.1) is 5.92 Å². The lowest BCUT2D eigenvalue weighted by Gasteiger charge is -2.29. The predicted molar refractivity (Wildman–Crippen MR) is 155 cm³/mol. The summed E-state index contributed by atoms with van der Waals surface area (Å²) in [4.78, 5) is 5.82. The number of nitrogens with zero attached hydrogens (tertiary/aromatic N) is 2. The van der Waals surface area contributed by atoms with Crippen LogP contribution in [0.2, 0.25) is 0 Å². The quantitative estimate of drug-likeness (QED) is 0.235. The maximum atomic E-state index is 13.4. The number of alkyl halides is 3. The molecular weight excluding hydrogens is 497 g/mol. The minimum absolute atomic E-state index is 0.0159. The van der Waals surface area contributed by atoms with Crippen LogP contribution in [0.3, 0.4) is 0 Å². The van der Waals surface area contributed by atoms with E-state index in [1.807, 2.05) is 60.7 Å². The topological polar surface area (TPSA) is 67.6 Å². The second kappa shape index (κ2) is 14.4. The summed E-state index contributed by atoms with van der Waals surface area (Å²) in [6.07, 6.45) is 2.28. The van der Waals surface area contributed by atoms with Crippen LogP contribution in [0.15, 0.2) is 96.5 Å². The molecular formula is C32H39F3N4. The Morgan fingerprint density at radius 1 is 0.872 bits per heavy atom. The monoisotopic (exact) mass is 536 g/mol. The van der Waals surface area contributed by atoms with E-state index in [1.165, 1.54) is 44.2 Å². The fourth-order valence-electron chi connectivity index (χ4n) is 4.95. The zero-order valence-electron chi connectivity index (χ0n) is 22.6. The summed E-state index contributed by atoms with van der Waals surface area (Å²) >= 11 is 0. The van der Waals surface area contributed by atoms with E-state index in [1.54, 1.807) is 18.0 Å². The van der Waals surface area contributed by atoms with Gasteiger partial charge in [-0.25, -0.2) is 0 Å². The van der Waals surface area contributed by atoms with Crippen molar-refractivity contribution in [1.82, 2.24) is 4.90 Å². The zero-order valence-corrected chi connectivity index (χ0v) is 22.6. The van der Waals surface area contributed by atoms with Crippen LogP contribution in [-0.2, 0) is 6.18 Å². The molecule has 1 aliphatic carbocycles. The summed E-state index contributed by atoms with van der Waals surface area (Å²) in [7, 11) is 1.79. The number of halogens is 3. The molecule has 0 amide bonds. The maximum absolute atomic E-state index is 13.4. The number of hydrogen-bond donors (Lipinski definition) is 2. The summed E-state index contributed by atoms with van der Waals surface area (Å²) in [6.45, 7) is 5.31. The fraction of sp³-hybridized carbons (Fsp3) is 0.344. The van der Waals surface area contributed by atoms with Crippen molar-refractivity contribution >= 4 is 11.7 Å². The molecule has 4 nitrogen and oxygen atoms in total. The average Bonchev–Trinajstić information content (AvgIpc) is 2.95. The van der Waals surface area contributed by atoms with Gasteiger partial charge in [0.15, 0.2) is 5.96 Å². The van der Waals surface area contributed by atoms with Gasteiger partial charge >= 0.3 is 6.18 Å². The van der Waals surface area contributed by atoms with Crippen LogP contribution in [0.5, 0.6) is 0 Å². The molecule has 1 aliphatic rings. The Morgan fingerprint density at radius 2 is 1.38 bits per heavy atom. The SMILES string of the molecule is C=C(c1ccccc1C(F)(F)F)N(C)CC(c1ccccc1)c1ccccc1.NC(N)=NCC1CCCCC1. The molecule has 0 spiro atoms. The van der Waals surface area contributed by atoms with Crippen molar-refractivity contribution in [3.8, 4) is 0 Å². The number of guanidine groups is 1. The molecule has 0 saturated heterocycles. The molecule has 0 aromatic heterocycles. The Morgan fingerprint density at radius 3 is 1.90 bits per heavy atom. The van der Waals surface area contributed by atoms with E-state index in [-0.39, 0.29) is 17.4 Å². The Labute approximate surface area is 230 Å². The maximum Gasteiger partial charge on any atom is 0.417 e. The first-order valence-electron chi connectivity index (χ1n) is 13.4. The third-order valence-corrected chi connectivity index (χ3v) is 7.12. The van der Waals surface area contributed by atoms with E-state index >= 15 is 0 Å². The van der Waals surface area contributed by atoms with E-state index in [0.717, 1.165) is 29.7 Å². The van der Waals surface area contributed by atoms with E-state index in [0.29, 0.717) is 12.2 Å². The molecule has 208 valence electrons. The number of likely N-dealkylation sites (N-methyl/N-ethyl adjacent to an activating group) is 1. The van der Waals surface area contributed by atoms with Crippen molar-refractivity contribution in [1.29, 1.82) is 0 Å². The normalized spacial score (nSPS) is 13.8. The van der Waals surface area contributed by atoms with Gasteiger partial charge in [0.05, 0.1) is 5.56 Å². The van der Waals surface area contributed by atoms with Crippen molar-refractivity contribution in [2.45, 2.75) is 44.2 Å². The van der Waals surface area contributed by atoms with Crippen LogP contribution in [-0.4, -0.2) is 31.0 Å². The third-order valence-electron chi connectivity index (χ3n) is 7.12. The zero-order chi connectivity index (χ0) is 28.3. The standard InChI is InChI=1S/C24H22F3N.C8H17N3/c1-18(21-15-9-10-16-23(21)24(25,26)27)28(2)17-22(19-11-5-3-6-12-19)20-13-7-4-8-14-20;9-8(10)11-6-7-4-2-1-3-5-7/h3-16,22H,1,17H2,2H3;7H,1-6H2,(H4,9,10,11). The van der Waals surface area contributed by atoms with Gasteiger partial charge in [-0.05, 0) is 36.0 Å². The van der Waals surface area contributed by atoms with Crippen molar-refractivity contribution in [2.75, 3.05) is 20.1 Å². The fourth-order valence-corrected chi connectivity index (χ4v) is 4.95. The van der Waals surface area contributed by atoms with Gasteiger partial charge in [-0.1, -0.05) is 105 Å². The first-order valence-corrected chi connectivity index (χ1v) is 13.4. The minimum atomic E-state index is -4.42. The van der Waals surface area contributed by atoms with Crippen molar-refractivity contribution in [2.24, 2.45) is 22.4 Å². The summed E-state index contributed by atoms with van der Waals surface area (Å²) in [5, 5.41) is 0. The van der Waals surface area contributed by atoms with Crippen molar-refractivity contribution in [3.05, 3.63) is 114 Å². The highest BCUT2D eigenvalue weighted by Crippen LogP contribution is 2.36. The van der Waals surface area contributed by atoms with Crippen molar-refractivity contribution < 1.29 is 13.2 Å². The van der Waals surface area contributed by atoms with Crippen molar-refractivity contribution in [3.63, 3.8) is 0 Å². The van der Waals surface area contributed by atoms with Gasteiger partial charge < -0.3 is 16.4 Å². The van der Waals surface area contributed by atoms with Gasteiger partial charge in [0, 0.05) is 37.3 Å². The molecule has 0 unspecified atom stereocenters. The number of nitrogens with two attached hydrogens (primary N) is 2. The highest BCUT2D eigenvalue weighted by Gasteiger charge is 2.34. The molecule has 0 aliphatic heterocycles. The number of hydrogen-bond acceptors (Lipinski definition) is 2. The number of benzene rings is 3. The molecule has 1 saturated carbocycles. The smallest absolute Gasteiger partial charge is 0.374 e. The molecule has 7 heteroatoms.